The second-order valence-corrected chi connectivity index (χ2v) is 5.37. The molecular formula is C13H18N6O. The molecule has 7 nitrogen and oxygen atoms in total. The summed E-state index contributed by atoms with van der Waals surface area (Å²) < 4.78 is 3.57. The van der Waals surface area contributed by atoms with E-state index in [1.54, 1.807) is 10.9 Å². The summed E-state index contributed by atoms with van der Waals surface area (Å²) in [4.78, 5) is 14.3. The van der Waals surface area contributed by atoms with Crippen LogP contribution in [0.5, 0.6) is 0 Å². The van der Waals surface area contributed by atoms with Crippen molar-refractivity contribution in [3.05, 3.63) is 29.3 Å². The molecule has 0 atom stereocenters. The fourth-order valence-corrected chi connectivity index (χ4v) is 2.69. The molecule has 1 aliphatic heterocycles. The van der Waals surface area contributed by atoms with Gasteiger partial charge in [0.15, 0.2) is 0 Å². The van der Waals surface area contributed by atoms with Gasteiger partial charge in [-0.25, -0.2) is 0 Å². The zero-order valence-electron chi connectivity index (χ0n) is 11.9. The molecule has 0 N–H and O–H groups in total. The highest BCUT2D eigenvalue weighted by molar-refractivity contribution is 5.96. The van der Waals surface area contributed by atoms with Crippen LogP contribution in [0.3, 0.4) is 0 Å². The highest BCUT2D eigenvalue weighted by atomic mass is 16.2. The lowest BCUT2D eigenvalue weighted by molar-refractivity contribution is 0.0459. The summed E-state index contributed by atoms with van der Waals surface area (Å²) in [6.45, 7) is 6.17. The number of amides is 1. The van der Waals surface area contributed by atoms with Gasteiger partial charge in [-0.2, -0.15) is 5.10 Å². The molecule has 0 unspecified atom stereocenters. The molecule has 1 saturated heterocycles. The molecule has 1 aliphatic rings. The van der Waals surface area contributed by atoms with Gasteiger partial charge in [-0.15, -0.1) is 5.10 Å². The Bertz CT molecular complexity index is 624. The maximum absolute atomic E-state index is 12.5. The minimum atomic E-state index is 0.0861. The maximum atomic E-state index is 12.5. The Morgan fingerprint density at radius 1 is 1.40 bits per heavy atom. The molecule has 2 aromatic rings. The summed E-state index contributed by atoms with van der Waals surface area (Å²) in [5, 5.41) is 12.0. The van der Waals surface area contributed by atoms with Gasteiger partial charge < -0.3 is 4.90 Å². The van der Waals surface area contributed by atoms with Crippen LogP contribution in [-0.2, 0) is 13.6 Å². The predicted molar refractivity (Wildman–Crippen MR) is 72.1 cm³/mol. The van der Waals surface area contributed by atoms with Gasteiger partial charge in [-0.05, 0) is 13.8 Å². The Morgan fingerprint density at radius 2 is 2.15 bits per heavy atom. The smallest absolute Gasteiger partial charge is 0.257 e. The Morgan fingerprint density at radius 3 is 2.70 bits per heavy atom. The molecule has 20 heavy (non-hydrogen) atoms. The molecule has 3 heterocycles. The number of aromatic nitrogens is 5. The second kappa shape index (κ2) is 4.73. The quantitative estimate of drug-likeness (QED) is 0.812. The number of carbonyl (C=O) groups is 1. The molecule has 1 amide bonds. The largest absolute Gasteiger partial charge is 0.338 e. The van der Waals surface area contributed by atoms with E-state index in [4.69, 9.17) is 0 Å². The molecular weight excluding hydrogens is 256 g/mol. The first-order valence-electron chi connectivity index (χ1n) is 6.70. The van der Waals surface area contributed by atoms with E-state index in [1.807, 2.05) is 36.7 Å². The summed E-state index contributed by atoms with van der Waals surface area (Å²) in [5.41, 5.74) is 2.47. The minimum Gasteiger partial charge on any atom is -0.338 e. The topological polar surface area (TPSA) is 68.8 Å². The fourth-order valence-electron chi connectivity index (χ4n) is 2.69. The van der Waals surface area contributed by atoms with Crippen molar-refractivity contribution >= 4 is 5.91 Å². The molecule has 3 rings (SSSR count). The number of carbonyl (C=O) groups excluding carboxylic acids is 1. The van der Waals surface area contributed by atoms with Gasteiger partial charge in [0.2, 0.25) is 0 Å². The predicted octanol–water partition coefficient (Wildman–Crippen LogP) is 0.401. The normalized spacial score (nSPS) is 15.4. The van der Waals surface area contributed by atoms with Gasteiger partial charge >= 0.3 is 0 Å². The molecule has 1 fully saturated rings. The van der Waals surface area contributed by atoms with E-state index in [9.17, 15) is 4.79 Å². The summed E-state index contributed by atoms with van der Waals surface area (Å²) in [6.07, 6.45) is 3.52. The summed E-state index contributed by atoms with van der Waals surface area (Å²) in [6, 6.07) is 0. The first kappa shape index (κ1) is 12.8. The van der Waals surface area contributed by atoms with E-state index in [0.29, 0.717) is 5.92 Å². The Balaban J connectivity index is 1.63. The molecule has 106 valence electrons. The third-order valence-electron chi connectivity index (χ3n) is 3.88. The first-order valence-corrected chi connectivity index (χ1v) is 6.70. The zero-order chi connectivity index (χ0) is 14.3. The zero-order valence-corrected chi connectivity index (χ0v) is 11.9. The van der Waals surface area contributed by atoms with Crippen LogP contribution in [0, 0.1) is 19.8 Å². The lowest BCUT2D eigenvalue weighted by atomic mass is 9.98. The van der Waals surface area contributed by atoms with Gasteiger partial charge in [-0.3, -0.25) is 14.2 Å². The van der Waals surface area contributed by atoms with E-state index >= 15 is 0 Å². The van der Waals surface area contributed by atoms with Crippen molar-refractivity contribution in [2.75, 3.05) is 13.1 Å². The average Bonchev–Trinajstić information content (AvgIpc) is 2.93. The molecule has 0 aliphatic carbocycles. The molecule has 0 spiro atoms. The third-order valence-corrected chi connectivity index (χ3v) is 3.88. The van der Waals surface area contributed by atoms with Crippen molar-refractivity contribution in [1.82, 2.24) is 29.7 Å². The Kier molecular flexibility index (Phi) is 3.04. The highest BCUT2D eigenvalue weighted by Gasteiger charge is 2.33. The molecule has 2 aromatic heterocycles. The van der Waals surface area contributed by atoms with E-state index in [-0.39, 0.29) is 5.91 Å². The second-order valence-electron chi connectivity index (χ2n) is 5.37. The van der Waals surface area contributed by atoms with Crippen LogP contribution in [0.2, 0.25) is 0 Å². The summed E-state index contributed by atoms with van der Waals surface area (Å²) in [5.74, 6) is 0.542. The molecule has 7 heteroatoms. The van der Waals surface area contributed by atoms with Crippen molar-refractivity contribution in [1.29, 1.82) is 0 Å². The molecule has 0 bridgehead atoms. The molecule has 0 saturated carbocycles. The summed E-state index contributed by atoms with van der Waals surface area (Å²) >= 11 is 0. The number of aryl methyl sites for hydroxylation is 2. The Labute approximate surface area is 117 Å². The van der Waals surface area contributed by atoms with Crippen LogP contribution in [0.25, 0.3) is 0 Å². The van der Waals surface area contributed by atoms with Crippen molar-refractivity contribution in [2.45, 2.75) is 20.4 Å². The van der Waals surface area contributed by atoms with Crippen LogP contribution in [0.15, 0.2) is 12.4 Å². The van der Waals surface area contributed by atoms with Gasteiger partial charge in [0, 0.05) is 44.5 Å². The van der Waals surface area contributed by atoms with Crippen molar-refractivity contribution < 1.29 is 4.79 Å². The van der Waals surface area contributed by atoms with Crippen LogP contribution in [0.4, 0.5) is 0 Å². The van der Waals surface area contributed by atoms with Crippen LogP contribution in [0.1, 0.15) is 21.7 Å². The molecule has 0 radical (unpaired) electrons. The lowest BCUT2D eigenvalue weighted by Crippen LogP contribution is -2.51. The van der Waals surface area contributed by atoms with Gasteiger partial charge in [0.05, 0.1) is 17.5 Å². The van der Waals surface area contributed by atoms with Crippen LogP contribution >= 0.6 is 0 Å². The standard InChI is InChI=1S/C13H18N6O/c1-9-12(10(2)17(3)15-9)13(20)18-6-11(7-18)8-19-5-4-14-16-19/h4-5,11H,6-8H2,1-3H3. The average molecular weight is 274 g/mol. The maximum Gasteiger partial charge on any atom is 0.257 e. The lowest BCUT2D eigenvalue weighted by Gasteiger charge is -2.39. The van der Waals surface area contributed by atoms with Crippen LogP contribution in [-0.4, -0.2) is 48.7 Å². The van der Waals surface area contributed by atoms with Crippen molar-refractivity contribution in [2.24, 2.45) is 13.0 Å². The number of nitrogens with zero attached hydrogens (tertiary/aromatic N) is 6. The van der Waals surface area contributed by atoms with Crippen molar-refractivity contribution in [3.8, 4) is 0 Å². The fraction of sp³-hybridized carbons (Fsp3) is 0.538. The first-order chi connectivity index (χ1) is 9.56. The van der Waals surface area contributed by atoms with E-state index in [0.717, 1.165) is 36.6 Å². The highest BCUT2D eigenvalue weighted by Crippen LogP contribution is 2.22. The number of rotatable bonds is 3. The monoisotopic (exact) mass is 274 g/mol. The van der Waals surface area contributed by atoms with E-state index in [2.05, 4.69) is 15.4 Å². The van der Waals surface area contributed by atoms with Gasteiger partial charge in [-0.1, -0.05) is 5.21 Å². The number of hydrogen-bond donors (Lipinski definition) is 0. The third kappa shape index (κ3) is 2.09. The number of likely N-dealkylation sites (tertiary alicyclic amines) is 1. The van der Waals surface area contributed by atoms with Crippen LogP contribution < -0.4 is 0 Å². The SMILES string of the molecule is Cc1nn(C)c(C)c1C(=O)N1CC(Cn2ccnn2)C1. The van der Waals surface area contributed by atoms with Crippen molar-refractivity contribution in [3.63, 3.8) is 0 Å². The van der Waals surface area contributed by atoms with E-state index in [1.165, 1.54) is 0 Å². The molecule has 0 aromatic carbocycles. The summed E-state index contributed by atoms with van der Waals surface area (Å²) in [7, 11) is 1.86. The number of hydrogen-bond acceptors (Lipinski definition) is 4. The minimum absolute atomic E-state index is 0.0861. The van der Waals surface area contributed by atoms with Gasteiger partial charge in [0.1, 0.15) is 0 Å². The van der Waals surface area contributed by atoms with Gasteiger partial charge in [0.25, 0.3) is 5.91 Å². The van der Waals surface area contributed by atoms with E-state index < -0.39 is 0 Å². The Hall–Kier alpha value is -2.18.